The fraction of sp³-hybridized carbons (Fsp3) is 0.929. The van der Waals surface area contributed by atoms with Crippen molar-refractivity contribution < 1.29 is 9.53 Å². The largest absolute Gasteiger partial charge is 0.381 e. The van der Waals surface area contributed by atoms with Crippen molar-refractivity contribution >= 4 is 5.91 Å². The van der Waals surface area contributed by atoms with Crippen LogP contribution in [0.2, 0.25) is 0 Å². The van der Waals surface area contributed by atoms with Gasteiger partial charge >= 0.3 is 0 Å². The minimum absolute atomic E-state index is 0.223. The lowest BCUT2D eigenvalue weighted by Gasteiger charge is -2.37. The van der Waals surface area contributed by atoms with Gasteiger partial charge < -0.3 is 9.64 Å². The standard InChI is InChI=1S/C14H26N2O2/c1-2-3-6-15-7-9-16(10-8-15)14(17)13-4-11-18-12-5-13/h13H,2-12H2,1H3. The van der Waals surface area contributed by atoms with Crippen molar-refractivity contribution in [3.8, 4) is 0 Å². The molecule has 2 saturated heterocycles. The Bertz CT molecular complexity index is 257. The Morgan fingerprint density at radius 2 is 1.83 bits per heavy atom. The van der Waals surface area contributed by atoms with Gasteiger partial charge in [0.15, 0.2) is 0 Å². The predicted molar refractivity (Wildman–Crippen MR) is 71.5 cm³/mol. The Morgan fingerprint density at radius 3 is 2.44 bits per heavy atom. The van der Waals surface area contributed by atoms with Gasteiger partial charge in [-0.2, -0.15) is 0 Å². The first-order valence-electron chi connectivity index (χ1n) is 7.40. The fourth-order valence-corrected chi connectivity index (χ4v) is 2.78. The van der Waals surface area contributed by atoms with Gasteiger partial charge in [0, 0.05) is 45.3 Å². The number of hydrogen-bond donors (Lipinski definition) is 0. The average molecular weight is 254 g/mol. The molecule has 0 saturated carbocycles. The molecule has 1 amide bonds. The third-order valence-electron chi connectivity index (χ3n) is 4.08. The van der Waals surface area contributed by atoms with E-state index in [9.17, 15) is 4.79 Å². The molecule has 2 rings (SSSR count). The quantitative estimate of drug-likeness (QED) is 0.759. The Labute approximate surface area is 110 Å². The fourth-order valence-electron chi connectivity index (χ4n) is 2.78. The van der Waals surface area contributed by atoms with Gasteiger partial charge in [0.1, 0.15) is 0 Å². The maximum atomic E-state index is 12.3. The zero-order valence-corrected chi connectivity index (χ0v) is 11.6. The van der Waals surface area contributed by atoms with Crippen LogP contribution >= 0.6 is 0 Å². The van der Waals surface area contributed by atoms with Gasteiger partial charge in [0.05, 0.1) is 0 Å². The number of amides is 1. The van der Waals surface area contributed by atoms with E-state index in [-0.39, 0.29) is 5.92 Å². The minimum Gasteiger partial charge on any atom is -0.381 e. The molecule has 0 aromatic rings. The Morgan fingerprint density at radius 1 is 1.17 bits per heavy atom. The first-order chi connectivity index (χ1) is 8.81. The zero-order chi connectivity index (χ0) is 12.8. The topological polar surface area (TPSA) is 32.8 Å². The van der Waals surface area contributed by atoms with Gasteiger partial charge in [-0.3, -0.25) is 9.69 Å². The summed E-state index contributed by atoms with van der Waals surface area (Å²) in [7, 11) is 0. The van der Waals surface area contributed by atoms with Crippen LogP contribution in [0.1, 0.15) is 32.6 Å². The number of hydrogen-bond acceptors (Lipinski definition) is 3. The molecule has 0 spiro atoms. The lowest BCUT2D eigenvalue weighted by atomic mass is 9.98. The molecule has 2 aliphatic heterocycles. The molecule has 0 unspecified atom stereocenters. The first kappa shape index (κ1) is 13.8. The summed E-state index contributed by atoms with van der Waals surface area (Å²) in [5, 5.41) is 0. The summed E-state index contributed by atoms with van der Waals surface area (Å²) in [6.07, 6.45) is 4.35. The number of ether oxygens (including phenoxy) is 1. The normalized spacial score (nSPS) is 23.3. The summed E-state index contributed by atoms with van der Waals surface area (Å²) >= 11 is 0. The van der Waals surface area contributed by atoms with Gasteiger partial charge in [-0.05, 0) is 25.8 Å². The number of carbonyl (C=O) groups excluding carboxylic acids is 1. The van der Waals surface area contributed by atoms with Gasteiger partial charge in [-0.15, -0.1) is 0 Å². The molecule has 2 aliphatic rings. The van der Waals surface area contributed by atoms with Crippen LogP contribution in [0.4, 0.5) is 0 Å². The lowest BCUT2D eigenvalue weighted by Crippen LogP contribution is -2.51. The van der Waals surface area contributed by atoms with Crippen molar-refractivity contribution in [1.29, 1.82) is 0 Å². The highest BCUT2D eigenvalue weighted by atomic mass is 16.5. The smallest absolute Gasteiger partial charge is 0.225 e. The van der Waals surface area contributed by atoms with Gasteiger partial charge in [0.2, 0.25) is 5.91 Å². The molecule has 0 atom stereocenters. The van der Waals surface area contributed by atoms with E-state index in [4.69, 9.17) is 4.74 Å². The van der Waals surface area contributed by atoms with Crippen molar-refractivity contribution in [3.63, 3.8) is 0 Å². The van der Waals surface area contributed by atoms with Crippen LogP contribution < -0.4 is 0 Å². The molecular weight excluding hydrogens is 228 g/mol. The van der Waals surface area contributed by atoms with Crippen LogP contribution in [0, 0.1) is 5.92 Å². The van der Waals surface area contributed by atoms with Gasteiger partial charge in [0.25, 0.3) is 0 Å². The predicted octanol–water partition coefficient (Wildman–Crippen LogP) is 1.36. The summed E-state index contributed by atoms with van der Waals surface area (Å²) < 4.78 is 5.32. The molecule has 2 fully saturated rings. The van der Waals surface area contributed by atoms with E-state index in [0.717, 1.165) is 52.2 Å². The molecule has 4 heteroatoms. The number of rotatable bonds is 4. The van der Waals surface area contributed by atoms with Crippen LogP contribution in [0.25, 0.3) is 0 Å². The van der Waals surface area contributed by atoms with E-state index >= 15 is 0 Å². The maximum Gasteiger partial charge on any atom is 0.225 e. The second kappa shape index (κ2) is 7.10. The van der Waals surface area contributed by atoms with Gasteiger partial charge in [-0.25, -0.2) is 0 Å². The van der Waals surface area contributed by atoms with Crippen molar-refractivity contribution in [1.82, 2.24) is 9.80 Å². The molecule has 0 N–H and O–H groups in total. The van der Waals surface area contributed by atoms with Crippen molar-refractivity contribution in [3.05, 3.63) is 0 Å². The maximum absolute atomic E-state index is 12.3. The van der Waals surface area contributed by atoms with Crippen LogP contribution in [-0.2, 0) is 9.53 Å². The molecule has 4 nitrogen and oxygen atoms in total. The second-order valence-corrected chi connectivity index (χ2v) is 5.41. The number of piperazine rings is 1. The highest BCUT2D eigenvalue weighted by Crippen LogP contribution is 2.18. The van der Waals surface area contributed by atoms with E-state index in [2.05, 4.69) is 16.7 Å². The molecule has 0 aromatic carbocycles. The molecular formula is C14H26N2O2. The molecule has 0 aromatic heterocycles. The van der Waals surface area contributed by atoms with E-state index in [1.165, 1.54) is 19.4 Å². The van der Waals surface area contributed by atoms with Crippen molar-refractivity contribution in [2.24, 2.45) is 5.92 Å². The summed E-state index contributed by atoms with van der Waals surface area (Å²) in [4.78, 5) is 16.9. The molecule has 104 valence electrons. The van der Waals surface area contributed by atoms with Crippen LogP contribution in [0.15, 0.2) is 0 Å². The lowest BCUT2D eigenvalue weighted by molar-refractivity contribution is -0.140. The monoisotopic (exact) mass is 254 g/mol. The summed E-state index contributed by atoms with van der Waals surface area (Å²) in [5.41, 5.74) is 0. The molecule has 0 radical (unpaired) electrons. The van der Waals surface area contributed by atoms with Crippen molar-refractivity contribution in [2.45, 2.75) is 32.6 Å². The third kappa shape index (κ3) is 3.69. The van der Waals surface area contributed by atoms with Crippen molar-refractivity contribution in [2.75, 3.05) is 45.9 Å². The van der Waals surface area contributed by atoms with E-state index < -0.39 is 0 Å². The summed E-state index contributed by atoms with van der Waals surface area (Å²) in [5.74, 6) is 0.592. The van der Waals surface area contributed by atoms with E-state index in [1.807, 2.05) is 0 Å². The second-order valence-electron chi connectivity index (χ2n) is 5.41. The van der Waals surface area contributed by atoms with E-state index in [1.54, 1.807) is 0 Å². The summed E-state index contributed by atoms with van der Waals surface area (Å²) in [6, 6.07) is 0. The number of nitrogens with zero attached hydrogens (tertiary/aromatic N) is 2. The Hall–Kier alpha value is -0.610. The summed E-state index contributed by atoms with van der Waals surface area (Å²) in [6.45, 7) is 8.87. The molecule has 18 heavy (non-hydrogen) atoms. The van der Waals surface area contributed by atoms with Crippen LogP contribution in [-0.4, -0.2) is 61.6 Å². The molecule has 2 heterocycles. The highest BCUT2D eigenvalue weighted by molar-refractivity contribution is 5.79. The highest BCUT2D eigenvalue weighted by Gasteiger charge is 2.28. The molecule has 0 aliphatic carbocycles. The van der Waals surface area contributed by atoms with Crippen LogP contribution in [0.3, 0.4) is 0 Å². The first-order valence-corrected chi connectivity index (χ1v) is 7.40. The van der Waals surface area contributed by atoms with Crippen LogP contribution in [0.5, 0.6) is 0 Å². The third-order valence-corrected chi connectivity index (χ3v) is 4.08. The number of carbonyl (C=O) groups is 1. The molecule has 0 bridgehead atoms. The zero-order valence-electron chi connectivity index (χ0n) is 11.6. The van der Waals surface area contributed by atoms with Gasteiger partial charge in [-0.1, -0.05) is 13.3 Å². The van der Waals surface area contributed by atoms with E-state index in [0.29, 0.717) is 5.91 Å². The Balaban J connectivity index is 1.73. The average Bonchev–Trinajstić information content (AvgIpc) is 2.46. The number of unbranched alkanes of at least 4 members (excludes halogenated alkanes) is 1. The minimum atomic E-state index is 0.223. The SMILES string of the molecule is CCCCN1CCN(C(=O)C2CCOCC2)CC1. The Kier molecular flexibility index (Phi) is 5.45.